The third-order valence-corrected chi connectivity index (χ3v) is 3.36. The summed E-state index contributed by atoms with van der Waals surface area (Å²) in [6.07, 6.45) is 2.17. The number of pyridine rings is 1. The maximum Gasteiger partial charge on any atom is 0.410 e. The van der Waals surface area contributed by atoms with Gasteiger partial charge in [0.15, 0.2) is 0 Å². The summed E-state index contributed by atoms with van der Waals surface area (Å²) in [6.45, 7) is 8.20. The second kappa shape index (κ2) is 5.31. The lowest BCUT2D eigenvalue weighted by Crippen LogP contribution is -2.42. The van der Waals surface area contributed by atoms with Gasteiger partial charge in [-0.05, 0) is 33.8 Å². The van der Waals surface area contributed by atoms with Gasteiger partial charge in [-0.25, -0.2) is 4.79 Å². The molecule has 0 bridgehead atoms. The molecule has 5 heteroatoms. The van der Waals surface area contributed by atoms with Gasteiger partial charge in [-0.3, -0.25) is 4.98 Å². The Balaban J connectivity index is 2.27. The molecule has 1 aliphatic rings. The Hall–Kier alpha value is -1.78. The van der Waals surface area contributed by atoms with Crippen LogP contribution < -0.4 is 4.74 Å². The maximum absolute atomic E-state index is 12.3. The van der Waals surface area contributed by atoms with E-state index in [9.17, 15) is 4.79 Å². The summed E-state index contributed by atoms with van der Waals surface area (Å²) in [6, 6.07) is 1.73. The van der Waals surface area contributed by atoms with Crippen molar-refractivity contribution in [2.24, 2.45) is 0 Å². The lowest BCUT2D eigenvalue weighted by Gasteiger charge is -2.36. The zero-order chi connectivity index (χ0) is 14.9. The molecule has 0 N–H and O–H groups in total. The number of nitrogens with zero attached hydrogens (tertiary/aromatic N) is 2. The van der Waals surface area contributed by atoms with E-state index in [-0.39, 0.29) is 12.1 Å². The number of carbonyl (C=O) groups is 1. The van der Waals surface area contributed by atoms with Crippen LogP contribution in [0, 0.1) is 0 Å². The van der Waals surface area contributed by atoms with Crippen molar-refractivity contribution in [3.8, 4) is 5.75 Å². The van der Waals surface area contributed by atoms with Crippen LogP contribution in [0.1, 0.15) is 45.0 Å². The molecule has 1 unspecified atom stereocenters. The van der Waals surface area contributed by atoms with Gasteiger partial charge in [0, 0.05) is 24.7 Å². The number of carbonyl (C=O) groups excluding carboxylic acids is 1. The van der Waals surface area contributed by atoms with Gasteiger partial charge in [0.05, 0.1) is 18.8 Å². The second-order valence-electron chi connectivity index (χ2n) is 5.97. The Bertz CT molecular complexity index is 494. The van der Waals surface area contributed by atoms with E-state index in [4.69, 9.17) is 9.47 Å². The molecule has 1 aromatic rings. The fraction of sp³-hybridized carbons (Fsp3) is 0.600. The molecular weight excluding hydrogens is 256 g/mol. The number of rotatable bonds is 1. The van der Waals surface area contributed by atoms with Crippen molar-refractivity contribution < 1.29 is 14.3 Å². The van der Waals surface area contributed by atoms with E-state index < -0.39 is 5.60 Å². The van der Waals surface area contributed by atoms with Crippen LogP contribution >= 0.6 is 0 Å². The van der Waals surface area contributed by atoms with Crippen molar-refractivity contribution in [3.05, 3.63) is 23.5 Å². The number of fused-ring (bicyclic) bond motifs is 1. The molecule has 1 amide bonds. The lowest BCUT2D eigenvalue weighted by molar-refractivity contribution is 0.0156. The minimum absolute atomic E-state index is 0.0998. The van der Waals surface area contributed by atoms with Crippen molar-refractivity contribution in [2.45, 2.75) is 45.8 Å². The van der Waals surface area contributed by atoms with Gasteiger partial charge in [0.1, 0.15) is 11.4 Å². The van der Waals surface area contributed by atoms with E-state index >= 15 is 0 Å². The third kappa shape index (κ3) is 2.86. The monoisotopic (exact) mass is 278 g/mol. The zero-order valence-electron chi connectivity index (χ0n) is 12.8. The lowest BCUT2D eigenvalue weighted by atomic mass is 9.97. The van der Waals surface area contributed by atoms with Crippen LogP contribution in [0.25, 0.3) is 0 Å². The van der Waals surface area contributed by atoms with Crippen LogP contribution in [-0.4, -0.2) is 35.2 Å². The molecule has 20 heavy (non-hydrogen) atoms. The summed E-state index contributed by atoms with van der Waals surface area (Å²) in [5.74, 6) is 0.774. The SMILES string of the molecule is COc1ccnc2c1C(C)N(C(=O)OC(C)(C)C)CC2. The smallest absolute Gasteiger partial charge is 0.410 e. The predicted molar refractivity (Wildman–Crippen MR) is 75.8 cm³/mol. The quantitative estimate of drug-likeness (QED) is 0.792. The molecule has 5 nitrogen and oxygen atoms in total. The number of aromatic nitrogens is 1. The normalized spacial score (nSPS) is 18.4. The van der Waals surface area contributed by atoms with Crippen molar-refractivity contribution in [1.29, 1.82) is 0 Å². The van der Waals surface area contributed by atoms with Crippen molar-refractivity contribution in [3.63, 3.8) is 0 Å². The molecular formula is C15H22N2O3. The molecule has 0 aromatic carbocycles. The highest BCUT2D eigenvalue weighted by molar-refractivity contribution is 5.69. The topological polar surface area (TPSA) is 51.7 Å². The van der Waals surface area contributed by atoms with Crippen LogP contribution in [0.15, 0.2) is 12.3 Å². The number of methoxy groups -OCH3 is 1. The van der Waals surface area contributed by atoms with Crippen molar-refractivity contribution >= 4 is 6.09 Å². The summed E-state index contributed by atoms with van der Waals surface area (Å²) >= 11 is 0. The largest absolute Gasteiger partial charge is 0.496 e. The fourth-order valence-electron chi connectivity index (χ4n) is 2.47. The molecule has 2 rings (SSSR count). The number of amides is 1. The Morgan fingerprint density at radius 2 is 2.15 bits per heavy atom. The highest BCUT2D eigenvalue weighted by Crippen LogP contribution is 2.35. The summed E-state index contributed by atoms with van der Waals surface area (Å²) in [5, 5.41) is 0. The number of ether oxygens (including phenoxy) is 2. The summed E-state index contributed by atoms with van der Waals surface area (Å²) < 4.78 is 10.9. The van der Waals surface area contributed by atoms with Gasteiger partial charge >= 0.3 is 6.09 Å². The Morgan fingerprint density at radius 3 is 2.75 bits per heavy atom. The number of hydrogen-bond donors (Lipinski definition) is 0. The van der Waals surface area contributed by atoms with E-state index in [2.05, 4.69) is 4.98 Å². The molecule has 0 radical (unpaired) electrons. The molecule has 2 heterocycles. The van der Waals surface area contributed by atoms with Crippen LogP contribution in [0.4, 0.5) is 4.79 Å². The van der Waals surface area contributed by atoms with Crippen LogP contribution in [0.5, 0.6) is 5.75 Å². The fourth-order valence-corrected chi connectivity index (χ4v) is 2.47. The Morgan fingerprint density at radius 1 is 1.45 bits per heavy atom. The van der Waals surface area contributed by atoms with Crippen LogP contribution in [0.2, 0.25) is 0 Å². The van der Waals surface area contributed by atoms with Gasteiger partial charge in [-0.1, -0.05) is 0 Å². The van der Waals surface area contributed by atoms with Crippen molar-refractivity contribution in [1.82, 2.24) is 9.88 Å². The van der Waals surface area contributed by atoms with Crippen LogP contribution in [-0.2, 0) is 11.2 Å². The predicted octanol–water partition coefficient (Wildman–Crippen LogP) is 2.94. The van der Waals surface area contributed by atoms with Gasteiger partial charge < -0.3 is 14.4 Å². The highest BCUT2D eigenvalue weighted by Gasteiger charge is 2.33. The van der Waals surface area contributed by atoms with Gasteiger partial charge in [0.2, 0.25) is 0 Å². The van der Waals surface area contributed by atoms with Gasteiger partial charge in [-0.15, -0.1) is 0 Å². The highest BCUT2D eigenvalue weighted by atomic mass is 16.6. The summed E-state index contributed by atoms with van der Waals surface area (Å²) in [7, 11) is 1.63. The molecule has 110 valence electrons. The molecule has 0 saturated carbocycles. The molecule has 0 fully saturated rings. The summed E-state index contributed by atoms with van der Waals surface area (Å²) in [4.78, 5) is 18.4. The molecule has 0 spiro atoms. The third-order valence-electron chi connectivity index (χ3n) is 3.36. The van der Waals surface area contributed by atoms with Gasteiger partial charge in [-0.2, -0.15) is 0 Å². The minimum atomic E-state index is -0.490. The van der Waals surface area contributed by atoms with Crippen molar-refractivity contribution in [2.75, 3.05) is 13.7 Å². The van der Waals surface area contributed by atoms with E-state index in [1.54, 1.807) is 18.2 Å². The molecule has 1 aromatic heterocycles. The average molecular weight is 278 g/mol. The first kappa shape index (κ1) is 14.6. The molecule has 0 saturated heterocycles. The van der Waals surface area contributed by atoms with E-state index in [0.29, 0.717) is 6.54 Å². The molecule has 0 aliphatic carbocycles. The van der Waals surface area contributed by atoms with Gasteiger partial charge in [0.25, 0.3) is 0 Å². The average Bonchev–Trinajstić information content (AvgIpc) is 2.36. The van der Waals surface area contributed by atoms with E-state index in [1.165, 1.54) is 0 Å². The summed E-state index contributed by atoms with van der Waals surface area (Å²) in [5.41, 5.74) is 1.49. The Kier molecular flexibility index (Phi) is 3.88. The molecule has 1 atom stereocenters. The number of hydrogen-bond acceptors (Lipinski definition) is 4. The minimum Gasteiger partial charge on any atom is -0.496 e. The Labute approximate surface area is 119 Å². The van der Waals surface area contributed by atoms with E-state index in [0.717, 1.165) is 23.4 Å². The zero-order valence-corrected chi connectivity index (χ0v) is 12.8. The first-order valence-corrected chi connectivity index (χ1v) is 6.85. The maximum atomic E-state index is 12.3. The molecule has 1 aliphatic heterocycles. The van der Waals surface area contributed by atoms with Crippen LogP contribution in [0.3, 0.4) is 0 Å². The standard InChI is InChI=1S/C15H22N2O3/c1-10-13-11(16-8-6-12(13)19-5)7-9-17(10)14(18)20-15(2,3)4/h6,8,10H,7,9H2,1-5H3. The first-order valence-electron chi connectivity index (χ1n) is 6.85. The van der Waals surface area contributed by atoms with E-state index in [1.807, 2.05) is 33.8 Å². The second-order valence-corrected chi connectivity index (χ2v) is 5.97. The first-order chi connectivity index (χ1) is 9.33.